The maximum atomic E-state index is 13.0. The quantitative estimate of drug-likeness (QED) is 0.589. The first-order valence-electron chi connectivity index (χ1n) is 5.19. The van der Waals surface area contributed by atoms with Gasteiger partial charge in [0.05, 0.1) is 0 Å². The molecule has 0 bridgehead atoms. The SMILES string of the molecule is Cc1cc(C(=O)/C=C/c2cccs2)ccc1F. The minimum atomic E-state index is -0.288. The molecule has 0 spiro atoms. The van der Waals surface area contributed by atoms with Gasteiger partial charge in [-0.05, 0) is 54.3 Å². The molecule has 2 aromatic rings. The fourth-order valence-corrected chi connectivity index (χ4v) is 2.06. The molecule has 0 aliphatic rings. The Labute approximate surface area is 103 Å². The molecule has 0 atom stereocenters. The predicted molar refractivity (Wildman–Crippen MR) is 68.8 cm³/mol. The van der Waals surface area contributed by atoms with E-state index in [1.165, 1.54) is 18.2 Å². The number of halogens is 1. The molecule has 86 valence electrons. The van der Waals surface area contributed by atoms with E-state index in [9.17, 15) is 9.18 Å². The average molecular weight is 246 g/mol. The zero-order chi connectivity index (χ0) is 12.3. The molecule has 1 nitrogen and oxygen atoms in total. The highest BCUT2D eigenvalue weighted by Crippen LogP contribution is 2.13. The van der Waals surface area contributed by atoms with E-state index >= 15 is 0 Å². The summed E-state index contributed by atoms with van der Waals surface area (Å²) in [5.41, 5.74) is 0.997. The first-order chi connectivity index (χ1) is 8.16. The van der Waals surface area contributed by atoms with E-state index in [2.05, 4.69) is 0 Å². The lowest BCUT2D eigenvalue weighted by molar-refractivity contribution is 0.104. The third-order valence-corrected chi connectivity index (χ3v) is 3.22. The molecule has 2 rings (SSSR count). The van der Waals surface area contributed by atoms with Crippen LogP contribution in [0.5, 0.6) is 0 Å². The molecule has 1 aromatic heterocycles. The van der Waals surface area contributed by atoms with Gasteiger partial charge in [0, 0.05) is 10.4 Å². The zero-order valence-corrected chi connectivity index (χ0v) is 10.1. The van der Waals surface area contributed by atoms with Crippen molar-refractivity contribution in [2.75, 3.05) is 0 Å². The van der Waals surface area contributed by atoms with E-state index in [-0.39, 0.29) is 11.6 Å². The minimum Gasteiger partial charge on any atom is -0.289 e. The summed E-state index contributed by atoms with van der Waals surface area (Å²) in [7, 11) is 0. The van der Waals surface area contributed by atoms with Crippen LogP contribution in [0.1, 0.15) is 20.8 Å². The van der Waals surface area contributed by atoms with Crippen LogP contribution in [0, 0.1) is 12.7 Å². The standard InChI is InChI=1S/C14H11FOS/c1-10-9-11(4-6-13(10)15)14(16)7-5-12-3-2-8-17-12/h2-9H,1H3/b7-5+. The Bertz CT molecular complexity index is 556. The predicted octanol–water partition coefficient (Wildman–Crippen LogP) is 4.09. The van der Waals surface area contributed by atoms with Gasteiger partial charge in [-0.25, -0.2) is 4.39 Å². The van der Waals surface area contributed by atoms with Crippen LogP contribution >= 0.6 is 11.3 Å². The van der Waals surface area contributed by atoms with Crippen LogP contribution in [0.2, 0.25) is 0 Å². The summed E-state index contributed by atoms with van der Waals surface area (Å²) < 4.78 is 13.0. The first kappa shape index (κ1) is 11.7. The molecule has 0 unspecified atom stereocenters. The topological polar surface area (TPSA) is 17.1 Å². The number of carbonyl (C=O) groups is 1. The molecule has 0 N–H and O–H groups in total. The van der Waals surface area contributed by atoms with Gasteiger partial charge < -0.3 is 0 Å². The van der Waals surface area contributed by atoms with Gasteiger partial charge in [0.15, 0.2) is 5.78 Å². The van der Waals surface area contributed by atoms with E-state index in [1.54, 1.807) is 30.4 Å². The van der Waals surface area contributed by atoms with Crippen molar-refractivity contribution >= 4 is 23.2 Å². The highest BCUT2D eigenvalue weighted by molar-refractivity contribution is 7.10. The van der Waals surface area contributed by atoms with Crippen LogP contribution in [0.4, 0.5) is 4.39 Å². The zero-order valence-electron chi connectivity index (χ0n) is 9.31. The number of carbonyl (C=O) groups excluding carboxylic acids is 1. The van der Waals surface area contributed by atoms with Crippen LogP contribution < -0.4 is 0 Å². The summed E-state index contributed by atoms with van der Waals surface area (Å²) in [5, 5.41) is 1.95. The Morgan fingerprint density at radius 3 is 2.82 bits per heavy atom. The second-order valence-corrected chi connectivity index (χ2v) is 4.66. The Morgan fingerprint density at radius 1 is 1.35 bits per heavy atom. The maximum absolute atomic E-state index is 13.0. The van der Waals surface area contributed by atoms with Crippen LogP contribution in [-0.2, 0) is 0 Å². The largest absolute Gasteiger partial charge is 0.289 e. The first-order valence-corrected chi connectivity index (χ1v) is 6.07. The van der Waals surface area contributed by atoms with Crippen molar-refractivity contribution in [2.24, 2.45) is 0 Å². The molecule has 0 saturated heterocycles. The van der Waals surface area contributed by atoms with E-state index in [0.29, 0.717) is 11.1 Å². The number of ketones is 1. The Hall–Kier alpha value is -1.74. The lowest BCUT2D eigenvalue weighted by atomic mass is 10.1. The van der Waals surface area contributed by atoms with Gasteiger partial charge in [-0.15, -0.1) is 11.3 Å². The Morgan fingerprint density at radius 2 is 2.18 bits per heavy atom. The number of benzene rings is 1. The van der Waals surface area contributed by atoms with Crippen molar-refractivity contribution in [3.63, 3.8) is 0 Å². The molecule has 0 radical (unpaired) electrons. The van der Waals surface area contributed by atoms with Crippen molar-refractivity contribution < 1.29 is 9.18 Å². The van der Waals surface area contributed by atoms with Gasteiger partial charge in [-0.1, -0.05) is 6.07 Å². The van der Waals surface area contributed by atoms with Crippen LogP contribution in [0.3, 0.4) is 0 Å². The molecular formula is C14H11FOS. The fraction of sp³-hybridized carbons (Fsp3) is 0.0714. The number of rotatable bonds is 3. The second-order valence-electron chi connectivity index (χ2n) is 3.68. The molecule has 0 fully saturated rings. The summed E-state index contributed by atoms with van der Waals surface area (Å²) in [4.78, 5) is 12.8. The molecule has 0 amide bonds. The van der Waals surface area contributed by atoms with Crippen molar-refractivity contribution in [3.8, 4) is 0 Å². The third-order valence-electron chi connectivity index (χ3n) is 2.38. The monoisotopic (exact) mass is 246 g/mol. The van der Waals surface area contributed by atoms with E-state index in [0.717, 1.165) is 4.88 Å². The minimum absolute atomic E-state index is 0.110. The van der Waals surface area contributed by atoms with Crippen LogP contribution in [0.15, 0.2) is 41.8 Å². The summed E-state index contributed by atoms with van der Waals surface area (Å²) in [6.07, 6.45) is 3.28. The number of hydrogen-bond acceptors (Lipinski definition) is 2. The molecule has 17 heavy (non-hydrogen) atoms. The van der Waals surface area contributed by atoms with Crippen molar-refractivity contribution in [3.05, 3.63) is 63.6 Å². The van der Waals surface area contributed by atoms with Gasteiger partial charge in [-0.3, -0.25) is 4.79 Å². The number of thiophene rings is 1. The number of hydrogen-bond donors (Lipinski definition) is 0. The van der Waals surface area contributed by atoms with Crippen molar-refractivity contribution in [2.45, 2.75) is 6.92 Å². The maximum Gasteiger partial charge on any atom is 0.185 e. The normalized spacial score (nSPS) is 10.9. The lowest BCUT2D eigenvalue weighted by Crippen LogP contribution is -1.95. The van der Waals surface area contributed by atoms with E-state index < -0.39 is 0 Å². The van der Waals surface area contributed by atoms with Crippen molar-refractivity contribution in [1.82, 2.24) is 0 Å². The van der Waals surface area contributed by atoms with Crippen LogP contribution in [-0.4, -0.2) is 5.78 Å². The Kier molecular flexibility index (Phi) is 3.49. The molecule has 0 aliphatic heterocycles. The van der Waals surface area contributed by atoms with Crippen LogP contribution in [0.25, 0.3) is 6.08 Å². The number of aryl methyl sites for hydroxylation is 1. The molecule has 0 aliphatic carbocycles. The van der Waals surface area contributed by atoms with Gasteiger partial charge >= 0.3 is 0 Å². The van der Waals surface area contributed by atoms with Gasteiger partial charge in [0.1, 0.15) is 5.82 Å². The summed E-state index contributed by atoms with van der Waals surface area (Å²) >= 11 is 1.57. The van der Waals surface area contributed by atoms with E-state index in [4.69, 9.17) is 0 Å². The van der Waals surface area contributed by atoms with E-state index in [1.807, 2.05) is 17.5 Å². The van der Waals surface area contributed by atoms with Crippen molar-refractivity contribution in [1.29, 1.82) is 0 Å². The molecule has 0 saturated carbocycles. The molecule has 1 aromatic carbocycles. The smallest absolute Gasteiger partial charge is 0.185 e. The number of allylic oxidation sites excluding steroid dienone is 1. The molecular weight excluding hydrogens is 235 g/mol. The lowest BCUT2D eigenvalue weighted by Gasteiger charge is -1.99. The van der Waals surface area contributed by atoms with Gasteiger partial charge in [0.25, 0.3) is 0 Å². The highest BCUT2D eigenvalue weighted by Gasteiger charge is 2.04. The summed E-state index contributed by atoms with van der Waals surface area (Å²) in [5.74, 6) is -0.398. The van der Waals surface area contributed by atoms with Gasteiger partial charge in [0.2, 0.25) is 0 Å². The summed E-state index contributed by atoms with van der Waals surface area (Å²) in [6, 6.07) is 8.25. The third kappa shape index (κ3) is 2.88. The summed E-state index contributed by atoms with van der Waals surface area (Å²) in [6.45, 7) is 1.65. The second kappa shape index (κ2) is 5.06. The molecule has 1 heterocycles. The highest BCUT2D eigenvalue weighted by atomic mass is 32.1. The Balaban J connectivity index is 2.17. The molecule has 3 heteroatoms. The van der Waals surface area contributed by atoms with Gasteiger partial charge in [-0.2, -0.15) is 0 Å². The fourth-order valence-electron chi connectivity index (χ4n) is 1.44. The average Bonchev–Trinajstić information content (AvgIpc) is 2.82.